The lowest BCUT2D eigenvalue weighted by Gasteiger charge is -1.94. The van der Waals surface area contributed by atoms with E-state index in [-0.39, 0.29) is 0 Å². The van der Waals surface area contributed by atoms with Crippen LogP contribution < -0.4 is 0 Å². The van der Waals surface area contributed by atoms with E-state index in [0.29, 0.717) is 6.42 Å². The van der Waals surface area contributed by atoms with E-state index in [2.05, 4.69) is 22.5 Å². The predicted molar refractivity (Wildman–Crippen MR) is 33.3 cm³/mol. The Morgan fingerprint density at radius 2 is 2.43 bits per heavy atom. The first-order valence-corrected chi connectivity index (χ1v) is 2.89. The first-order chi connectivity index (χ1) is 3.13. The van der Waals surface area contributed by atoms with Crippen molar-refractivity contribution in [3.63, 3.8) is 0 Å². The minimum atomic E-state index is -0.771. The lowest BCUT2D eigenvalue weighted by atomic mass is 10.3. The molecule has 0 radical (unpaired) electrons. The molecule has 0 rings (SSSR count). The average molecular weight is 167 g/mol. The molecule has 0 aliphatic heterocycles. The zero-order chi connectivity index (χ0) is 5.86. The minimum Gasteiger partial charge on any atom is -0.247 e. The van der Waals surface area contributed by atoms with Gasteiger partial charge >= 0.3 is 0 Å². The zero-order valence-electron chi connectivity index (χ0n) is 4.25. The van der Waals surface area contributed by atoms with Gasteiger partial charge in [0.15, 0.2) is 0 Å². The molecule has 2 heteroatoms. The Bertz CT molecular complexity index is 68.5. The summed E-state index contributed by atoms with van der Waals surface area (Å²) < 4.78 is 12.6. The van der Waals surface area contributed by atoms with Crippen molar-refractivity contribution in [2.75, 3.05) is 0 Å². The third-order valence-electron chi connectivity index (χ3n) is 0.503. The highest BCUT2D eigenvalue weighted by Gasteiger charge is 1.95. The molecule has 0 heterocycles. The van der Waals surface area contributed by atoms with E-state index in [9.17, 15) is 4.39 Å². The van der Waals surface area contributed by atoms with Gasteiger partial charge in [-0.15, -0.1) is 0 Å². The summed E-state index contributed by atoms with van der Waals surface area (Å²) in [4.78, 5) is 0. The van der Waals surface area contributed by atoms with Gasteiger partial charge in [0.1, 0.15) is 6.17 Å². The molecular weight excluding hydrogens is 159 g/mol. The van der Waals surface area contributed by atoms with Crippen molar-refractivity contribution in [1.29, 1.82) is 0 Å². The van der Waals surface area contributed by atoms with E-state index in [1.165, 1.54) is 6.92 Å². The number of halogens is 2. The number of hydrogen-bond acceptors (Lipinski definition) is 0. The topological polar surface area (TPSA) is 0 Å². The maximum Gasteiger partial charge on any atom is 0.102 e. The smallest absolute Gasteiger partial charge is 0.102 e. The minimum absolute atomic E-state index is 0.417. The summed E-state index contributed by atoms with van der Waals surface area (Å²) in [6.45, 7) is 4.98. The first-order valence-electron chi connectivity index (χ1n) is 2.10. The summed E-state index contributed by atoms with van der Waals surface area (Å²) in [5, 5.41) is 0. The maximum atomic E-state index is 11.9. The molecule has 0 aromatic carbocycles. The molecule has 0 aliphatic rings. The summed E-state index contributed by atoms with van der Waals surface area (Å²) in [5.74, 6) is 0. The van der Waals surface area contributed by atoms with E-state index in [4.69, 9.17) is 0 Å². The number of allylic oxidation sites excluding steroid dienone is 1. The lowest BCUT2D eigenvalue weighted by Crippen LogP contribution is -1.88. The third kappa shape index (κ3) is 6.15. The molecule has 0 saturated carbocycles. The Labute approximate surface area is 51.5 Å². The van der Waals surface area contributed by atoms with Crippen molar-refractivity contribution in [3.05, 3.63) is 11.1 Å². The third-order valence-corrected chi connectivity index (χ3v) is 0.827. The Morgan fingerprint density at radius 3 is 2.43 bits per heavy atom. The van der Waals surface area contributed by atoms with Crippen LogP contribution >= 0.6 is 15.9 Å². The second-order valence-corrected chi connectivity index (χ2v) is 2.62. The molecule has 0 aromatic rings. The molecule has 0 aromatic heterocycles. The van der Waals surface area contributed by atoms with Crippen LogP contribution in [0.15, 0.2) is 11.1 Å². The van der Waals surface area contributed by atoms with Crippen molar-refractivity contribution >= 4 is 15.9 Å². The van der Waals surface area contributed by atoms with Crippen molar-refractivity contribution in [2.24, 2.45) is 0 Å². The fraction of sp³-hybridized carbons (Fsp3) is 0.600. The standard InChI is InChI=1S/C5H8BrF/c1-4(6)3-5(2)7/h5H,1,3H2,2H3. The van der Waals surface area contributed by atoms with Gasteiger partial charge in [0.25, 0.3) is 0 Å². The molecule has 0 amide bonds. The van der Waals surface area contributed by atoms with Crippen LogP contribution in [-0.2, 0) is 0 Å². The van der Waals surface area contributed by atoms with E-state index >= 15 is 0 Å². The van der Waals surface area contributed by atoms with E-state index in [0.717, 1.165) is 4.48 Å². The van der Waals surface area contributed by atoms with E-state index < -0.39 is 6.17 Å². The van der Waals surface area contributed by atoms with Crippen LogP contribution in [0.3, 0.4) is 0 Å². The van der Waals surface area contributed by atoms with Crippen LogP contribution in [0.5, 0.6) is 0 Å². The molecule has 0 bridgehead atoms. The van der Waals surface area contributed by atoms with Crippen LogP contribution in [-0.4, -0.2) is 6.17 Å². The van der Waals surface area contributed by atoms with Crippen LogP contribution in [0.25, 0.3) is 0 Å². The molecule has 1 atom stereocenters. The lowest BCUT2D eigenvalue weighted by molar-refractivity contribution is 0.364. The summed E-state index contributed by atoms with van der Waals surface area (Å²) in [6.07, 6.45) is -0.355. The molecule has 0 nitrogen and oxygen atoms in total. The van der Waals surface area contributed by atoms with Crippen molar-refractivity contribution < 1.29 is 4.39 Å². The van der Waals surface area contributed by atoms with Gasteiger partial charge in [0.2, 0.25) is 0 Å². The van der Waals surface area contributed by atoms with Crippen molar-refractivity contribution in [3.8, 4) is 0 Å². The van der Waals surface area contributed by atoms with Crippen molar-refractivity contribution in [1.82, 2.24) is 0 Å². The Kier molecular flexibility index (Phi) is 3.26. The molecule has 7 heavy (non-hydrogen) atoms. The predicted octanol–water partition coefficient (Wildman–Crippen LogP) is 2.64. The van der Waals surface area contributed by atoms with Gasteiger partial charge in [-0.05, 0) is 11.4 Å². The Hall–Kier alpha value is 0.150. The average Bonchev–Trinajstić information content (AvgIpc) is 1.27. The van der Waals surface area contributed by atoms with Gasteiger partial charge in [-0.2, -0.15) is 0 Å². The SMILES string of the molecule is C=C(Br)CC(C)F. The molecule has 42 valence electrons. The summed E-state index contributed by atoms with van der Waals surface area (Å²) in [5.41, 5.74) is 0. The fourth-order valence-corrected chi connectivity index (χ4v) is 0.751. The molecular formula is C5H8BrF. The summed E-state index contributed by atoms with van der Waals surface area (Å²) >= 11 is 3.04. The Balaban J connectivity index is 3.13. The monoisotopic (exact) mass is 166 g/mol. The van der Waals surface area contributed by atoms with Crippen LogP contribution in [0.4, 0.5) is 4.39 Å². The van der Waals surface area contributed by atoms with E-state index in [1.54, 1.807) is 0 Å². The molecule has 0 N–H and O–H groups in total. The first kappa shape index (κ1) is 7.15. The highest BCUT2D eigenvalue weighted by atomic mass is 79.9. The summed E-state index contributed by atoms with van der Waals surface area (Å²) in [6, 6.07) is 0. The number of hydrogen-bond donors (Lipinski definition) is 0. The van der Waals surface area contributed by atoms with Crippen LogP contribution in [0.2, 0.25) is 0 Å². The molecule has 0 fully saturated rings. The van der Waals surface area contributed by atoms with Gasteiger partial charge in [0, 0.05) is 6.42 Å². The highest BCUT2D eigenvalue weighted by Crippen LogP contribution is 2.10. The molecule has 1 unspecified atom stereocenters. The zero-order valence-corrected chi connectivity index (χ0v) is 5.83. The fourth-order valence-electron chi connectivity index (χ4n) is 0.305. The molecule has 0 spiro atoms. The maximum absolute atomic E-state index is 11.9. The van der Waals surface area contributed by atoms with Gasteiger partial charge < -0.3 is 0 Å². The van der Waals surface area contributed by atoms with Gasteiger partial charge in [0.05, 0.1) is 0 Å². The van der Waals surface area contributed by atoms with Crippen LogP contribution in [0, 0.1) is 0 Å². The second-order valence-electron chi connectivity index (χ2n) is 1.50. The summed E-state index contributed by atoms with van der Waals surface area (Å²) in [7, 11) is 0. The van der Waals surface area contributed by atoms with Gasteiger partial charge in [-0.25, -0.2) is 4.39 Å². The number of alkyl halides is 1. The molecule has 0 aliphatic carbocycles. The largest absolute Gasteiger partial charge is 0.247 e. The van der Waals surface area contributed by atoms with Crippen molar-refractivity contribution in [2.45, 2.75) is 19.5 Å². The quantitative estimate of drug-likeness (QED) is 0.592. The van der Waals surface area contributed by atoms with Gasteiger partial charge in [-0.3, -0.25) is 0 Å². The number of rotatable bonds is 2. The van der Waals surface area contributed by atoms with Gasteiger partial charge in [-0.1, -0.05) is 22.5 Å². The second kappa shape index (κ2) is 3.19. The highest BCUT2D eigenvalue weighted by molar-refractivity contribution is 9.11. The normalized spacial score (nSPS) is 13.6. The van der Waals surface area contributed by atoms with Crippen LogP contribution in [0.1, 0.15) is 13.3 Å². The molecule has 0 saturated heterocycles. The Morgan fingerprint density at radius 1 is 2.00 bits per heavy atom. The van der Waals surface area contributed by atoms with E-state index in [1.807, 2.05) is 0 Å².